The van der Waals surface area contributed by atoms with Crippen LogP contribution in [-0.4, -0.2) is 9.55 Å². The van der Waals surface area contributed by atoms with Crippen molar-refractivity contribution in [1.29, 1.82) is 0 Å². The van der Waals surface area contributed by atoms with E-state index in [1.807, 2.05) is 0 Å². The molecule has 0 bridgehead atoms. The number of hydrogen-bond acceptors (Lipinski definition) is 0. The van der Waals surface area contributed by atoms with Crippen LogP contribution in [0.25, 0.3) is 49.9 Å². The molecule has 0 spiro atoms. The summed E-state index contributed by atoms with van der Waals surface area (Å²) in [5, 5.41) is 3.97. The van der Waals surface area contributed by atoms with Crippen molar-refractivity contribution in [3.8, 4) is 11.1 Å². The Kier molecular flexibility index (Phi) is 2.96. The molecule has 5 aromatic rings. The Hall–Kier alpha value is -3.26. The van der Waals surface area contributed by atoms with Gasteiger partial charge in [-0.3, -0.25) is 0 Å². The van der Waals surface area contributed by atoms with Crippen LogP contribution >= 0.6 is 0 Å². The average molecular weight is 348 g/mol. The van der Waals surface area contributed by atoms with Gasteiger partial charge in [-0.05, 0) is 54.3 Å². The monoisotopic (exact) mass is 348 g/mol. The molecule has 0 radical (unpaired) electrons. The Bertz CT molecular complexity index is 1380. The summed E-state index contributed by atoms with van der Waals surface area (Å²) >= 11 is 0. The number of aromatic nitrogens is 2. The molecule has 2 aromatic heterocycles. The topological polar surface area (TPSA) is 20.7 Å². The second-order valence-electron chi connectivity index (χ2n) is 7.53. The lowest BCUT2D eigenvalue weighted by atomic mass is 9.98. The first kappa shape index (κ1) is 14.9. The Labute approximate surface area is 157 Å². The summed E-state index contributed by atoms with van der Waals surface area (Å²) in [6.45, 7) is 0. The molecule has 2 heteroatoms. The van der Waals surface area contributed by atoms with Gasteiger partial charge >= 0.3 is 0 Å². The molecule has 1 aliphatic carbocycles. The third kappa shape index (κ3) is 2.07. The van der Waals surface area contributed by atoms with Crippen molar-refractivity contribution >= 4 is 38.8 Å². The fraction of sp³-hybridized carbons (Fsp3) is 0.120. The van der Waals surface area contributed by atoms with Crippen LogP contribution in [0.4, 0.5) is 0 Å². The zero-order valence-electron chi connectivity index (χ0n) is 15.3. The molecule has 1 aliphatic rings. The van der Waals surface area contributed by atoms with Gasteiger partial charge in [0.05, 0.1) is 0 Å². The third-order valence-electron chi connectivity index (χ3n) is 6.01. The quantitative estimate of drug-likeness (QED) is 0.360. The first-order valence-corrected chi connectivity index (χ1v) is 9.58. The highest BCUT2D eigenvalue weighted by Gasteiger charge is 2.13. The van der Waals surface area contributed by atoms with Gasteiger partial charge in [-0.25, -0.2) is 0 Å². The fourth-order valence-corrected chi connectivity index (χ4v) is 4.61. The number of nitrogens with zero attached hydrogens (tertiary/aromatic N) is 1. The lowest BCUT2D eigenvalue weighted by molar-refractivity contribution is 0.951. The number of aryl methyl sites for hydroxylation is 2. The minimum atomic E-state index is 1.11. The summed E-state index contributed by atoms with van der Waals surface area (Å²) in [6.07, 6.45) is 6.79. The van der Waals surface area contributed by atoms with Gasteiger partial charge in [-0.1, -0.05) is 42.5 Å². The van der Waals surface area contributed by atoms with Gasteiger partial charge in [-0.2, -0.15) is 0 Å². The molecule has 130 valence electrons. The molecular weight excluding hydrogens is 328 g/mol. The van der Waals surface area contributed by atoms with E-state index in [9.17, 15) is 0 Å². The van der Waals surface area contributed by atoms with E-state index in [0.717, 1.165) is 12.8 Å². The van der Waals surface area contributed by atoms with Crippen LogP contribution in [0, 0.1) is 0 Å². The van der Waals surface area contributed by atoms with Gasteiger partial charge in [0.15, 0.2) is 0 Å². The molecule has 2 heterocycles. The van der Waals surface area contributed by atoms with Crippen LogP contribution in [0.2, 0.25) is 0 Å². The number of aromatic amines is 1. The number of hydrogen-bond donors (Lipinski definition) is 1. The second kappa shape index (κ2) is 5.37. The molecule has 0 unspecified atom stereocenters. The van der Waals surface area contributed by atoms with Crippen LogP contribution in [0.5, 0.6) is 0 Å². The number of H-pyrrole nitrogens is 1. The van der Waals surface area contributed by atoms with Crippen LogP contribution in [0.3, 0.4) is 0 Å². The Morgan fingerprint density at radius 2 is 1.59 bits per heavy atom. The predicted octanol–water partition coefficient (Wildman–Crippen LogP) is 6.44. The Balaban J connectivity index is 1.59. The van der Waals surface area contributed by atoms with Crippen molar-refractivity contribution in [3.63, 3.8) is 0 Å². The lowest BCUT2D eigenvalue weighted by Crippen LogP contribution is -1.90. The van der Waals surface area contributed by atoms with Gasteiger partial charge in [0.2, 0.25) is 0 Å². The van der Waals surface area contributed by atoms with Crippen LogP contribution in [-0.2, 0) is 13.5 Å². The molecule has 0 aliphatic heterocycles. The molecule has 27 heavy (non-hydrogen) atoms. The van der Waals surface area contributed by atoms with E-state index < -0.39 is 0 Å². The molecule has 0 fully saturated rings. The summed E-state index contributed by atoms with van der Waals surface area (Å²) in [5.41, 5.74) is 9.08. The summed E-state index contributed by atoms with van der Waals surface area (Å²) in [7, 11) is 2.15. The lowest BCUT2D eigenvalue weighted by Gasteiger charge is -2.06. The third-order valence-corrected chi connectivity index (χ3v) is 6.01. The zero-order chi connectivity index (χ0) is 18.0. The molecule has 6 rings (SSSR count). The van der Waals surface area contributed by atoms with Crippen molar-refractivity contribution in [2.45, 2.75) is 12.8 Å². The summed E-state index contributed by atoms with van der Waals surface area (Å²) < 4.78 is 2.28. The number of nitrogens with one attached hydrogen (secondary N) is 1. The highest BCUT2D eigenvalue weighted by molar-refractivity contribution is 6.09. The molecule has 0 amide bonds. The van der Waals surface area contributed by atoms with Crippen molar-refractivity contribution < 1.29 is 0 Å². The maximum atomic E-state index is 3.60. The van der Waals surface area contributed by atoms with Crippen molar-refractivity contribution in [2.75, 3.05) is 0 Å². The first-order valence-electron chi connectivity index (χ1n) is 9.58. The largest absolute Gasteiger partial charge is 0.358 e. The van der Waals surface area contributed by atoms with Gasteiger partial charge in [0.1, 0.15) is 0 Å². The normalized spacial score (nSPS) is 13.7. The summed E-state index contributed by atoms with van der Waals surface area (Å²) in [4.78, 5) is 3.60. The van der Waals surface area contributed by atoms with E-state index in [1.165, 1.54) is 55.1 Å². The number of fused-ring (bicyclic) bond motifs is 6. The van der Waals surface area contributed by atoms with E-state index in [-0.39, 0.29) is 0 Å². The standard InChI is InChI=1S/C25H20N2/c1-27-24-9-5-3-7-19(24)21-15-17(11-13-25(21)27)16-10-12-23-20(14-16)18-6-2-4-8-22(18)26-23/h2-3,5-7,9-15,26H,4,8H2,1H3. The number of allylic oxidation sites excluding steroid dienone is 1. The Morgan fingerprint density at radius 1 is 0.815 bits per heavy atom. The van der Waals surface area contributed by atoms with Crippen LogP contribution < -0.4 is 0 Å². The summed E-state index contributed by atoms with van der Waals surface area (Å²) in [5.74, 6) is 0. The van der Waals surface area contributed by atoms with E-state index in [4.69, 9.17) is 0 Å². The summed E-state index contributed by atoms with van der Waals surface area (Å²) in [6, 6.07) is 22.3. The second-order valence-corrected chi connectivity index (χ2v) is 7.53. The number of para-hydroxylation sites is 1. The van der Waals surface area contributed by atoms with Crippen molar-refractivity contribution in [1.82, 2.24) is 9.55 Å². The highest BCUT2D eigenvalue weighted by Crippen LogP contribution is 2.35. The predicted molar refractivity (Wildman–Crippen MR) is 115 cm³/mol. The van der Waals surface area contributed by atoms with Crippen LogP contribution in [0.1, 0.15) is 17.7 Å². The van der Waals surface area contributed by atoms with E-state index in [1.54, 1.807) is 0 Å². The van der Waals surface area contributed by atoms with E-state index >= 15 is 0 Å². The highest BCUT2D eigenvalue weighted by atomic mass is 14.9. The fourth-order valence-electron chi connectivity index (χ4n) is 4.61. The van der Waals surface area contributed by atoms with Crippen molar-refractivity contribution in [3.05, 3.63) is 78.0 Å². The molecule has 0 atom stereocenters. The minimum Gasteiger partial charge on any atom is -0.358 e. The van der Waals surface area contributed by atoms with Gasteiger partial charge in [0, 0.05) is 51.0 Å². The zero-order valence-corrected chi connectivity index (χ0v) is 15.3. The minimum absolute atomic E-state index is 1.11. The van der Waals surface area contributed by atoms with Gasteiger partial charge < -0.3 is 9.55 Å². The first-order chi connectivity index (χ1) is 13.3. The van der Waals surface area contributed by atoms with E-state index in [2.05, 4.69) is 89.4 Å². The van der Waals surface area contributed by atoms with Gasteiger partial charge in [-0.15, -0.1) is 0 Å². The maximum Gasteiger partial charge on any atom is 0.0489 e. The average Bonchev–Trinajstić information content (AvgIpc) is 3.23. The smallest absolute Gasteiger partial charge is 0.0489 e. The SMILES string of the molecule is Cn1c2ccccc2c2cc(-c3ccc4[nH]c5c(c4c3)C=CCC5)ccc21. The Morgan fingerprint density at radius 3 is 2.52 bits per heavy atom. The molecule has 0 saturated heterocycles. The molecule has 1 N–H and O–H groups in total. The molecule has 3 aromatic carbocycles. The number of benzene rings is 3. The van der Waals surface area contributed by atoms with E-state index in [0.29, 0.717) is 0 Å². The van der Waals surface area contributed by atoms with Crippen molar-refractivity contribution in [2.24, 2.45) is 7.05 Å². The molecule has 2 nitrogen and oxygen atoms in total. The maximum absolute atomic E-state index is 3.60. The van der Waals surface area contributed by atoms with Gasteiger partial charge in [0.25, 0.3) is 0 Å². The molecular formula is C25H20N2. The van der Waals surface area contributed by atoms with Crippen LogP contribution in [0.15, 0.2) is 66.7 Å². The molecule has 0 saturated carbocycles. The number of rotatable bonds is 1.